The highest BCUT2D eigenvalue weighted by molar-refractivity contribution is 8.00. The van der Waals surface area contributed by atoms with E-state index in [2.05, 4.69) is 17.2 Å². The van der Waals surface area contributed by atoms with Crippen molar-refractivity contribution in [1.82, 2.24) is 4.98 Å². The molecule has 3 nitrogen and oxygen atoms in total. The molecule has 0 atom stereocenters. The molecule has 1 radical (unpaired) electrons. The number of nitrogens with one attached hydrogen (secondary N) is 1. The van der Waals surface area contributed by atoms with Crippen LogP contribution in [0.3, 0.4) is 0 Å². The Morgan fingerprint density at radius 2 is 2.46 bits per heavy atom. The van der Waals surface area contributed by atoms with Gasteiger partial charge in [0, 0.05) is 0 Å². The van der Waals surface area contributed by atoms with Crippen molar-refractivity contribution in [1.29, 1.82) is 0 Å². The Bertz CT molecular complexity index is 381. The number of pyridine rings is 1. The summed E-state index contributed by atoms with van der Waals surface area (Å²) in [6.07, 6.45) is 0. The number of halogens is 1. The number of carbonyl (C=O) groups is 1. The molecule has 1 aromatic rings. The summed E-state index contributed by atoms with van der Waals surface area (Å²) in [6, 6.07) is 1.77. The molecule has 1 N–H and O–H groups in total. The predicted molar refractivity (Wildman–Crippen MR) is 53.1 cm³/mol. The molecule has 0 fully saturated rings. The molecule has 0 saturated heterocycles. The van der Waals surface area contributed by atoms with Crippen molar-refractivity contribution < 1.29 is 4.79 Å². The maximum Gasteiger partial charge on any atom is 0.235 e. The van der Waals surface area contributed by atoms with Gasteiger partial charge in [0.15, 0.2) is 0 Å². The first kappa shape index (κ1) is 8.84. The van der Waals surface area contributed by atoms with Crippen LogP contribution in [-0.2, 0) is 4.79 Å². The van der Waals surface area contributed by atoms with E-state index in [-0.39, 0.29) is 5.91 Å². The number of anilines is 1. The summed E-state index contributed by atoms with van der Waals surface area (Å²) in [6.45, 7) is 3.65. The summed E-state index contributed by atoms with van der Waals surface area (Å²) in [5.41, 5.74) is 0.489. The highest BCUT2D eigenvalue weighted by Crippen LogP contribution is 2.32. The summed E-state index contributed by atoms with van der Waals surface area (Å²) < 4.78 is 0. The van der Waals surface area contributed by atoms with E-state index in [1.807, 2.05) is 0 Å². The molecule has 1 aliphatic rings. The lowest BCUT2D eigenvalue weighted by Crippen LogP contribution is -2.19. The highest BCUT2D eigenvalue weighted by Gasteiger charge is 2.17. The van der Waals surface area contributed by atoms with E-state index in [9.17, 15) is 4.79 Å². The molecule has 2 rings (SSSR count). The van der Waals surface area contributed by atoms with Crippen molar-refractivity contribution in [3.8, 4) is 0 Å². The fraction of sp³-hybridized carbons (Fsp3) is 0.125. The van der Waals surface area contributed by atoms with Crippen molar-refractivity contribution in [2.75, 3.05) is 11.1 Å². The Labute approximate surface area is 84.9 Å². The van der Waals surface area contributed by atoms with Gasteiger partial charge in [0.25, 0.3) is 0 Å². The Morgan fingerprint density at radius 1 is 1.69 bits per heavy atom. The predicted octanol–water partition coefficient (Wildman–Crippen LogP) is 1.96. The monoisotopic (exact) mass is 213 g/mol. The van der Waals surface area contributed by atoms with E-state index in [4.69, 9.17) is 11.6 Å². The number of rotatable bonds is 0. The molecule has 1 amide bonds. The van der Waals surface area contributed by atoms with Gasteiger partial charge in [0.2, 0.25) is 5.91 Å². The quantitative estimate of drug-likeness (QED) is 0.717. The fourth-order valence-corrected chi connectivity index (χ4v) is 2.03. The Kier molecular flexibility index (Phi) is 2.17. The standard InChI is InChI=1S/C8H6ClN2OS/c1-4-5(9)2-6-8(10-4)11-7(12)3-13-6/h2H,1,3H2,(H,10,11,12). The van der Waals surface area contributed by atoms with Gasteiger partial charge >= 0.3 is 0 Å². The Hall–Kier alpha value is -0.740. The van der Waals surface area contributed by atoms with Crippen LogP contribution >= 0.6 is 23.4 Å². The highest BCUT2D eigenvalue weighted by atomic mass is 35.5. The molecule has 0 spiro atoms. The summed E-state index contributed by atoms with van der Waals surface area (Å²) in [5, 5.41) is 3.19. The number of aromatic nitrogens is 1. The lowest BCUT2D eigenvalue weighted by Gasteiger charge is -2.15. The molecule has 67 valence electrons. The maximum absolute atomic E-state index is 11.0. The van der Waals surface area contributed by atoms with E-state index < -0.39 is 0 Å². The van der Waals surface area contributed by atoms with Crippen LogP contribution in [0.5, 0.6) is 0 Å². The second-order valence-electron chi connectivity index (χ2n) is 2.60. The van der Waals surface area contributed by atoms with Crippen LogP contribution in [0.4, 0.5) is 5.82 Å². The van der Waals surface area contributed by atoms with Crippen LogP contribution in [0.1, 0.15) is 5.69 Å². The van der Waals surface area contributed by atoms with Crippen LogP contribution in [0.2, 0.25) is 5.02 Å². The third-order valence-corrected chi connectivity index (χ3v) is 2.99. The van der Waals surface area contributed by atoms with Gasteiger partial charge in [-0.2, -0.15) is 0 Å². The number of fused-ring (bicyclic) bond motifs is 1. The van der Waals surface area contributed by atoms with Crippen LogP contribution in [0.15, 0.2) is 11.0 Å². The number of hydrogen-bond donors (Lipinski definition) is 1. The van der Waals surface area contributed by atoms with Gasteiger partial charge in [-0.25, -0.2) is 4.98 Å². The van der Waals surface area contributed by atoms with Crippen molar-refractivity contribution in [2.45, 2.75) is 4.90 Å². The van der Waals surface area contributed by atoms with Crippen LogP contribution in [-0.4, -0.2) is 16.6 Å². The van der Waals surface area contributed by atoms with E-state index >= 15 is 0 Å². The van der Waals surface area contributed by atoms with Crippen molar-refractivity contribution in [3.63, 3.8) is 0 Å². The van der Waals surface area contributed by atoms with E-state index in [1.54, 1.807) is 6.07 Å². The molecule has 13 heavy (non-hydrogen) atoms. The normalized spacial score (nSPS) is 15.1. The Balaban J connectivity index is 2.49. The van der Waals surface area contributed by atoms with Crippen molar-refractivity contribution in [3.05, 3.63) is 23.7 Å². The SMILES string of the molecule is [CH2]c1nc2c(cc1Cl)SCC(=O)N2. The smallest absolute Gasteiger partial charge is 0.235 e. The minimum absolute atomic E-state index is 0.0354. The third kappa shape index (κ3) is 1.64. The van der Waals surface area contributed by atoms with Crippen molar-refractivity contribution >= 4 is 35.1 Å². The number of nitrogens with zero attached hydrogens (tertiary/aromatic N) is 1. The first-order valence-electron chi connectivity index (χ1n) is 3.62. The van der Waals surface area contributed by atoms with Gasteiger partial charge < -0.3 is 5.32 Å². The third-order valence-electron chi connectivity index (χ3n) is 1.63. The topological polar surface area (TPSA) is 42.0 Å². The zero-order valence-corrected chi connectivity index (χ0v) is 8.21. The van der Waals surface area contributed by atoms with E-state index in [1.165, 1.54) is 11.8 Å². The van der Waals surface area contributed by atoms with E-state index in [0.717, 1.165) is 4.90 Å². The molecular formula is C8H6ClN2OS. The van der Waals surface area contributed by atoms with Crippen LogP contribution in [0.25, 0.3) is 0 Å². The van der Waals surface area contributed by atoms with Gasteiger partial charge in [0.05, 0.1) is 21.4 Å². The largest absolute Gasteiger partial charge is 0.309 e. The summed E-state index contributed by atoms with van der Waals surface area (Å²) in [4.78, 5) is 16.0. The summed E-state index contributed by atoms with van der Waals surface area (Å²) >= 11 is 7.26. The molecule has 0 bridgehead atoms. The van der Waals surface area contributed by atoms with Crippen molar-refractivity contribution in [2.24, 2.45) is 0 Å². The molecule has 0 saturated carbocycles. The van der Waals surface area contributed by atoms with Gasteiger partial charge in [-0.15, -0.1) is 11.8 Å². The maximum atomic E-state index is 11.0. The second kappa shape index (κ2) is 3.20. The average molecular weight is 214 g/mol. The van der Waals surface area contributed by atoms with Gasteiger partial charge in [-0.05, 0) is 13.0 Å². The zero-order chi connectivity index (χ0) is 9.42. The van der Waals surface area contributed by atoms with E-state index in [0.29, 0.717) is 22.3 Å². The van der Waals surface area contributed by atoms with Gasteiger partial charge in [0.1, 0.15) is 5.82 Å². The van der Waals surface area contributed by atoms with Crippen LogP contribution < -0.4 is 5.32 Å². The fourth-order valence-electron chi connectivity index (χ4n) is 1.02. The molecule has 0 aliphatic carbocycles. The number of carbonyl (C=O) groups excluding carboxylic acids is 1. The first-order valence-corrected chi connectivity index (χ1v) is 4.98. The Morgan fingerprint density at radius 3 is 3.23 bits per heavy atom. The lowest BCUT2D eigenvalue weighted by atomic mass is 10.3. The summed E-state index contributed by atoms with van der Waals surface area (Å²) in [5.74, 6) is 0.948. The molecule has 0 unspecified atom stereocenters. The first-order chi connectivity index (χ1) is 6.16. The minimum Gasteiger partial charge on any atom is -0.309 e. The number of hydrogen-bond acceptors (Lipinski definition) is 3. The average Bonchev–Trinajstić information content (AvgIpc) is 2.08. The molecule has 5 heteroatoms. The van der Waals surface area contributed by atoms with Crippen LogP contribution in [0, 0.1) is 6.92 Å². The lowest BCUT2D eigenvalue weighted by molar-refractivity contribution is -0.113. The summed E-state index contributed by atoms with van der Waals surface area (Å²) in [7, 11) is 0. The number of amides is 1. The molecule has 1 aliphatic heterocycles. The van der Waals surface area contributed by atoms with Gasteiger partial charge in [-0.1, -0.05) is 11.6 Å². The second-order valence-corrected chi connectivity index (χ2v) is 4.02. The van der Waals surface area contributed by atoms with Gasteiger partial charge in [-0.3, -0.25) is 4.79 Å². The molecule has 0 aromatic carbocycles. The minimum atomic E-state index is -0.0354. The molecule has 2 heterocycles. The zero-order valence-electron chi connectivity index (χ0n) is 6.63. The molecular weight excluding hydrogens is 208 g/mol. The molecule has 1 aromatic heterocycles. The number of thioether (sulfide) groups is 1.